The Labute approximate surface area is 122 Å². The van der Waals surface area contributed by atoms with Crippen molar-refractivity contribution in [1.82, 2.24) is 0 Å². The molecule has 2 N–H and O–H groups in total. The number of nitrogens with one attached hydrogen (secondary N) is 1. The van der Waals surface area contributed by atoms with E-state index in [9.17, 15) is 9.50 Å². The lowest BCUT2D eigenvalue weighted by molar-refractivity contribution is 0.306. The van der Waals surface area contributed by atoms with Crippen LogP contribution in [0.15, 0.2) is 54.6 Å². The Balaban J connectivity index is 2.13. The standard InChI is InChI=1S/C15H15FN2OS/c16-12-6-8-13(9-7-12)17-15(20)18(10-11-19)14-4-2-1-3-5-14/h1-9,19H,10-11H2,(H,17,20). The van der Waals surface area contributed by atoms with Crippen LogP contribution in [-0.4, -0.2) is 23.4 Å². The Morgan fingerprint density at radius 3 is 2.35 bits per heavy atom. The minimum atomic E-state index is -0.295. The van der Waals surface area contributed by atoms with Crippen molar-refractivity contribution in [3.63, 3.8) is 0 Å². The second kappa shape index (κ2) is 6.98. The van der Waals surface area contributed by atoms with Crippen LogP contribution >= 0.6 is 12.2 Å². The van der Waals surface area contributed by atoms with Gasteiger partial charge in [-0.25, -0.2) is 4.39 Å². The Morgan fingerprint density at radius 1 is 1.10 bits per heavy atom. The number of rotatable bonds is 4. The van der Waals surface area contributed by atoms with Gasteiger partial charge in [0.15, 0.2) is 5.11 Å². The predicted molar refractivity (Wildman–Crippen MR) is 83.5 cm³/mol. The van der Waals surface area contributed by atoms with Crippen molar-refractivity contribution in [3.05, 3.63) is 60.4 Å². The molecule has 2 aromatic rings. The van der Waals surface area contributed by atoms with Gasteiger partial charge >= 0.3 is 0 Å². The van der Waals surface area contributed by atoms with E-state index in [1.807, 2.05) is 30.3 Å². The Bertz CT molecular complexity index is 560. The highest BCUT2D eigenvalue weighted by Gasteiger charge is 2.11. The fourth-order valence-electron chi connectivity index (χ4n) is 1.78. The number of thiocarbonyl (C=S) groups is 1. The Hall–Kier alpha value is -1.98. The van der Waals surface area contributed by atoms with Crippen molar-refractivity contribution >= 4 is 28.7 Å². The van der Waals surface area contributed by atoms with Gasteiger partial charge in [0.2, 0.25) is 0 Å². The lowest BCUT2D eigenvalue weighted by Gasteiger charge is -2.25. The fraction of sp³-hybridized carbons (Fsp3) is 0.133. The molecule has 0 saturated heterocycles. The maximum absolute atomic E-state index is 12.9. The van der Waals surface area contributed by atoms with Gasteiger partial charge in [0.1, 0.15) is 5.82 Å². The first-order valence-electron chi connectivity index (χ1n) is 6.20. The summed E-state index contributed by atoms with van der Waals surface area (Å²) >= 11 is 5.35. The zero-order valence-electron chi connectivity index (χ0n) is 10.8. The lowest BCUT2D eigenvalue weighted by Crippen LogP contribution is -2.36. The van der Waals surface area contributed by atoms with E-state index >= 15 is 0 Å². The van der Waals surface area contributed by atoms with Crippen molar-refractivity contribution in [2.75, 3.05) is 23.4 Å². The third-order valence-corrected chi connectivity index (χ3v) is 3.05. The van der Waals surface area contributed by atoms with E-state index in [1.165, 1.54) is 12.1 Å². The number of para-hydroxylation sites is 1. The molecule has 20 heavy (non-hydrogen) atoms. The molecule has 0 unspecified atom stereocenters. The van der Waals surface area contributed by atoms with E-state index in [-0.39, 0.29) is 12.4 Å². The van der Waals surface area contributed by atoms with Gasteiger partial charge in [-0.05, 0) is 48.6 Å². The van der Waals surface area contributed by atoms with Crippen LogP contribution < -0.4 is 10.2 Å². The van der Waals surface area contributed by atoms with Gasteiger partial charge in [-0.2, -0.15) is 0 Å². The van der Waals surface area contributed by atoms with Crippen LogP contribution in [0.1, 0.15) is 0 Å². The monoisotopic (exact) mass is 290 g/mol. The van der Waals surface area contributed by atoms with E-state index < -0.39 is 0 Å². The molecule has 0 saturated carbocycles. The second-order valence-electron chi connectivity index (χ2n) is 4.15. The Kier molecular flexibility index (Phi) is 5.03. The molecule has 0 aromatic heterocycles. The van der Waals surface area contributed by atoms with Crippen molar-refractivity contribution < 1.29 is 9.50 Å². The van der Waals surface area contributed by atoms with E-state index in [0.29, 0.717) is 17.3 Å². The van der Waals surface area contributed by atoms with E-state index in [2.05, 4.69) is 5.32 Å². The maximum atomic E-state index is 12.9. The summed E-state index contributed by atoms with van der Waals surface area (Å²) in [7, 11) is 0. The molecule has 104 valence electrons. The van der Waals surface area contributed by atoms with Crippen LogP contribution in [0.5, 0.6) is 0 Å². The van der Waals surface area contributed by atoms with Crippen LogP contribution in [0.4, 0.5) is 15.8 Å². The molecule has 0 aliphatic rings. The van der Waals surface area contributed by atoms with Crippen LogP contribution in [0.25, 0.3) is 0 Å². The summed E-state index contributed by atoms with van der Waals surface area (Å²) in [5, 5.41) is 12.7. The summed E-state index contributed by atoms with van der Waals surface area (Å²) in [6, 6.07) is 15.5. The molecular weight excluding hydrogens is 275 g/mol. The molecule has 2 aromatic carbocycles. The highest BCUT2D eigenvalue weighted by Crippen LogP contribution is 2.16. The van der Waals surface area contributed by atoms with Gasteiger partial charge in [-0.1, -0.05) is 18.2 Å². The van der Waals surface area contributed by atoms with Crippen LogP contribution in [0, 0.1) is 5.82 Å². The lowest BCUT2D eigenvalue weighted by atomic mass is 10.3. The number of hydrogen-bond acceptors (Lipinski definition) is 2. The summed E-state index contributed by atoms with van der Waals surface area (Å²) in [4.78, 5) is 1.79. The number of hydrogen-bond donors (Lipinski definition) is 2. The normalized spacial score (nSPS) is 10.1. The van der Waals surface area contributed by atoms with Crippen molar-refractivity contribution in [3.8, 4) is 0 Å². The fourth-order valence-corrected chi connectivity index (χ4v) is 2.09. The van der Waals surface area contributed by atoms with E-state index in [0.717, 1.165) is 5.69 Å². The molecule has 0 atom stereocenters. The molecule has 0 aliphatic carbocycles. The second-order valence-corrected chi connectivity index (χ2v) is 4.53. The molecule has 3 nitrogen and oxygen atoms in total. The van der Waals surface area contributed by atoms with Gasteiger partial charge in [0.25, 0.3) is 0 Å². The topological polar surface area (TPSA) is 35.5 Å². The summed E-state index contributed by atoms with van der Waals surface area (Å²) < 4.78 is 12.9. The minimum Gasteiger partial charge on any atom is -0.395 e. The van der Waals surface area contributed by atoms with Crippen LogP contribution in [-0.2, 0) is 0 Å². The molecule has 0 aliphatic heterocycles. The van der Waals surface area contributed by atoms with Crippen LogP contribution in [0.3, 0.4) is 0 Å². The zero-order valence-corrected chi connectivity index (χ0v) is 11.6. The van der Waals surface area contributed by atoms with Gasteiger partial charge in [-0.3, -0.25) is 0 Å². The number of aliphatic hydroxyl groups is 1. The number of aliphatic hydroxyl groups excluding tert-OH is 1. The van der Waals surface area contributed by atoms with E-state index in [1.54, 1.807) is 17.0 Å². The van der Waals surface area contributed by atoms with Crippen molar-refractivity contribution in [1.29, 1.82) is 0 Å². The summed E-state index contributed by atoms with van der Waals surface area (Å²) in [5.41, 5.74) is 1.59. The molecule has 0 radical (unpaired) electrons. The third-order valence-electron chi connectivity index (χ3n) is 2.73. The predicted octanol–water partition coefficient (Wildman–Crippen LogP) is 3.02. The summed E-state index contributed by atoms with van der Waals surface area (Å²) in [6.07, 6.45) is 0. The summed E-state index contributed by atoms with van der Waals surface area (Å²) in [5.74, 6) is -0.295. The molecule has 0 fully saturated rings. The highest BCUT2D eigenvalue weighted by atomic mass is 32.1. The Morgan fingerprint density at radius 2 is 1.75 bits per heavy atom. The largest absolute Gasteiger partial charge is 0.395 e. The van der Waals surface area contributed by atoms with Gasteiger partial charge in [-0.15, -0.1) is 0 Å². The molecule has 0 heterocycles. The van der Waals surface area contributed by atoms with Gasteiger partial charge in [0.05, 0.1) is 6.61 Å². The van der Waals surface area contributed by atoms with Crippen LogP contribution in [0.2, 0.25) is 0 Å². The summed E-state index contributed by atoms with van der Waals surface area (Å²) in [6.45, 7) is 0.372. The number of benzene rings is 2. The SMILES string of the molecule is OCCN(C(=S)Nc1ccc(F)cc1)c1ccccc1. The molecule has 2 rings (SSSR count). The first-order valence-corrected chi connectivity index (χ1v) is 6.61. The quantitative estimate of drug-likeness (QED) is 0.849. The average molecular weight is 290 g/mol. The number of anilines is 2. The smallest absolute Gasteiger partial charge is 0.178 e. The number of halogens is 1. The maximum Gasteiger partial charge on any atom is 0.178 e. The first kappa shape index (κ1) is 14.4. The zero-order chi connectivity index (χ0) is 14.4. The van der Waals surface area contributed by atoms with E-state index in [4.69, 9.17) is 12.2 Å². The number of nitrogens with zero attached hydrogens (tertiary/aromatic N) is 1. The molecule has 0 bridgehead atoms. The van der Waals surface area contributed by atoms with Gasteiger partial charge < -0.3 is 15.3 Å². The van der Waals surface area contributed by atoms with Gasteiger partial charge in [0, 0.05) is 17.9 Å². The first-order chi connectivity index (χ1) is 9.70. The molecular formula is C15H15FN2OS. The third kappa shape index (κ3) is 3.76. The molecule has 5 heteroatoms. The van der Waals surface area contributed by atoms with Crippen molar-refractivity contribution in [2.45, 2.75) is 0 Å². The van der Waals surface area contributed by atoms with Crippen molar-refractivity contribution in [2.24, 2.45) is 0 Å². The minimum absolute atomic E-state index is 0.0138. The molecule has 0 amide bonds. The highest BCUT2D eigenvalue weighted by molar-refractivity contribution is 7.80. The average Bonchev–Trinajstić information content (AvgIpc) is 2.48. The molecule has 0 spiro atoms.